The van der Waals surface area contributed by atoms with Gasteiger partial charge in [-0.15, -0.1) is 0 Å². The van der Waals surface area contributed by atoms with E-state index < -0.39 is 0 Å². The van der Waals surface area contributed by atoms with E-state index in [9.17, 15) is 4.39 Å². The number of rotatable bonds is 5. The van der Waals surface area contributed by atoms with E-state index in [2.05, 4.69) is 13.8 Å². The summed E-state index contributed by atoms with van der Waals surface area (Å²) in [4.78, 5) is 0. The minimum absolute atomic E-state index is 0.0629. The Balaban J connectivity index is 2.49. The summed E-state index contributed by atoms with van der Waals surface area (Å²) in [6, 6.07) is 4.93. The van der Waals surface area contributed by atoms with E-state index in [1.165, 1.54) is 6.07 Å². The van der Waals surface area contributed by atoms with Gasteiger partial charge in [-0.3, -0.25) is 0 Å². The van der Waals surface area contributed by atoms with Crippen LogP contribution in [0.1, 0.15) is 19.4 Å². The second-order valence-corrected chi connectivity index (χ2v) is 6.11. The molecule has 2 N–H and O–H groups in total. The third-order valence-electron chi connectivity index (χ3n) is 2.13. The van der Waals surface area contributed by atoms with Gasteiger partial charge in [-0.05, 0) is 29.4 Å². The number of hydrogen-bond acceptors (Lipinski definition) is 2. The Morgan fingerprint density at radius 1 is 1.44 bits per heavy atom. The van der Waals surface area contributed by atoms with Gasteiger partial charge in [0, 0.05) is 11.8 Å². The first-order chi connectivity index (χ1) is 7.49. The molecule has 0 aliphatic carbocycles. The highest BCUT2D eigenvalue weighted by atomic mass is 35.5. The van der Waals surface area contributed by atoms with Gasteiger partial charge in [-0.2, -0.15) is 11.8 Å². The zero-order valence-electron chi connectivity index (χ0n) is 9.54. The maximum absolute atomic E-state index is 13.2. The van der Waals surface area contributed by atoms with E-state index in [0.717, 1.165) is 11.3 Å². The number of hydrogen-bond donors (Lipinski definition) is 1. The lowest BCUT2D eigenvalue weighted by molar-refractivity contribution is 0.623. The first-order valence-electron chi connectivity index (χ1n) is 5.30. The molecule has 0 bridgehead atoms. The third kappa shape index (κ3) is 4.73. The molecule has 16 heavy (non-hydrogen) atoms. The first-order valence-corrected chi connectivity index (χ1v) is 6.73. The highest BCUT2D eigenvalue weighted by molar-refractivity contribution is 7.99. The Morgan fingerprint density at radius 3 is 2.69 bits per heavy atom. The molecule has 0 aliphatic heterocycles. The lowest BCUT2D eigenvalue weighted by Crippen LogP contribution is -2.26. The van der Waals surface area contributed by atoms with E-state index in [-0.39, 0.29) is 16.9 Å². The van der Waals surface area contributed by atoms with Gasteiger partial charge in [-0.1, -0.05) is 31.5 Å². The number of nitrogens with two attached hydrogens (primary N) is 1. The third-order valence-corrected chi connectivity index (χ3v) is 3.72. The topological polar surface area (TPSA) is 26.0 Å². The Bertz CT molecular complexity index is 344. The summed E-state index contributed by atoms with van der Waals surface area (Å²) in [6.45, 7) is 4.28. The fourth-order valence-electron chi connectivity index (χ4n) is 1.34. The SMILES string of the molecule is CC(C)SCC(N)Cc1ccc(Cl)c(F)c1. The molecule has 0 aromatic heterocycles. The quantitative estimate of drug-likeness (QED) is 0.878. The summed E-state index contributed by atoms with van der Waals surface area (Å²) in [5, 5.41) is 0.738. The van der Waals surface area contributed by atoms with E-state index >= 15 is 0 Å². The minimum atomic E-state index is -0.372. The van der Waals surface area contributed by atoms with Crippen LogP contribution in [0.3, 0.4) is 0 Å². The van der Waals surface area contributed by atoms with Crippen molar-refractivity contribution < 1.29 is 4.39 Å². The normalized spacial score (nSPS) is 13.1. The van der Waals surface area contributed by atoms with Gasteiger partial charge in [0.25, 0.3) is 0 Å². The Labute approximate surface area is 106 Å². The largest absolute Gasteiger partial charge is 0.327 e. The van der Waals surface area contributed by atoms with Crippen molar-refractivity contribution in [2.45, 2.75) is 31.6 Å². The molecular weight excluding hydrogens is 245 g/mol. The fourth-order valence-corrected chi connectivity index (χ4v) is 2.21. The van der Waals surface area contributed by atoms with Crippen LogP contribution in [0.4, 0.5) is 4.39 Å². The lowest BCUT2D eigenvalue weighted by atomic mass is 10.1. The zero-order chi connectivity index (χ0) is 12.1. The van der Waals surface area contributed by atoms with Crippen molar-refractivity contribution >= 4 is 23.4 Å². The molecule has 0 saturated heterocycles. The van der Waals surface area contributed by atoms with Crippen molar-refractivity contribution in [2.24, 2.45) is 5.73 Å². The molecule has 1 aromatic carbocycles. The molecule has 1 unspecified atom stereocenters. The maximum atomic E-state index is 13.2. The molecule has 4 heteroatoms. The number of benzene rings is 1. The van der Waals surface area contributed by atoms with Gasteiger partial charge in [-0.25, -0.2) is 4.39 Å². The maximum Gasteiger partial charge on any atom is 0.142 e. The van der Waals surface area contributed by atoms with Crippen molar-refractivity contribution in [3.05, 3.63) is 34.6 Å². The number of thioether (sulfide) groups is 1. The molecule has 1 rings (SSSR count). The molecule has 0 heterocycles. The summed E-state index contributed by atoms with van der Waals surface area (Å²) in [7, 11) is 0. The molecular formula is C12H17ClFNS. The average molecular weight is 262 g/mol. The molecule has 0 spiro atoms. The van der Waals surface area contributed by atoms with Crippen LogP contribution in [0.2, 0.25) is 5.02 Å². The van der Waals surface area contributed by atoms with Gasteiger partial charge < -0.3 is 5.73 Å². The van der Waals surface area contributed by atoms with Gasteiger partial charge in [0.1, 0.15) is 5.82 Å². The Hall–Kier alpha value is -0.250. The summed E-state index contributed by atoms with van der Waals surface area (Å²) in [6.07, 6.45) is 0.688. The highest BCUT2D eigenvalue weighted by Gasteiger charge is 2.07. The van der Waals surface area contributed by atoms with E-state index in [0.29, 0.717) is 11.7 Å². The smallest absolute Gasteiger partial charge is 0.142 e. The molecule has 1 aromatic rings. The monoisotopic (exact) mass is 261 g/mol. The Kier molecular flexibility index (Phi) is 5.59. The van der Waals surface area contributed by atoms with Crippen molar-refractivity contribution in [3.8, 4) is 0 Å². The standard InChI is InChI=1S/C12H17ClFNS/c1-8(2)16-7-10(15)5-9-3-4-11(13)12(14)6-9/h3-4,6,8,10H,5,7,15H2,1-2H3. The average Bonchev–Trinajstić information content (AvgIpc) is 2.21. The van der Waals surface area contributed by atoms with Crippen LogP contribution < -0.4 is 5.73 Å². The van der Waals surface area contributed by atoms with Crippen LogP contribution in [-0.4, -0.2) is 17.0 Å². The first kappa shape index (κ1) is 13.8. The molecule has 0 radical (unpaired) electrons. The van der Waals surface area contributed by atoms with Crippen LogP contribution in [0.25, 0.3) is 0 Å². The molecule has 1 atom stereocenters. The number of halogens is 2. The van der Waals surface area contributed by atoms with Crippen molar-refractivity contribution in [2.75, 3.05) is 5.75 Å². The van der Waals surface area contributed by atoms with Gasteiger partial charge >= 0.3 is 0 Å². The van der Waals surface area contributed by atoms with Gasteiger partial charge in [0.05, 0.1) is 5.02 Å². The van der Waals surface area contributed by atoms with Crippen LogP contribution in [0.5, 0.6) is 0 Å². The van der Waals surface area contributed by atoms with Crippen molar-refractivity contribution in [3.63, 3.8) is 0 Å². The second kappa shape index (κ2) is 6.48. The van der Waals surface area contributed by atoms with Crippen molar-refractivity contribution in [1.82, 2.24) is 0 Å². The van der Waals surface area contributed by atoms with E-state index in [4.69, 9.17) is 17.3 Å². The summed E-state index contributed by atoms with van der Waals surface area (Å²) in [5.41, 5.74) is 6.87. The van der Waals surface area contributed by atoms with E-state index in [1.807, 2.05) is 17.8 Å². The highest BCUT2D eigenvalue weighted by Crippen LogP contribution is 2.17. The molecule has 0 fully saturated rings. The molecule has 0 aliphatic rings. The summed E-state index contributed by atoms with van der Waals surface area (Å²) < 4.78 is 13.2. The molecule has 90 valence electrons. The molecule has 1 nitrogen and oxygen atoms in total. The van der Waals surface area contributed by atoms with Crippen LogP contribution in [-0.2, 0) is 6.42 Å². The molecule has 0 saturated carbocycles. The van der Waals surface area contributed by atoms with Crippen LogP contribution in [0.15, 0.2) is 18.2 Å². The fraction of sp³-hybridized carbons (Fsp3) is 0.500. The second-order valence-electron chi connectivity index (χ2n) is 4.09. The lowest BCUT2D eigenvalue weighted by Gasteiger charge is -2.13. The summed E-state index contributed by atoms with van der Waals surface area (Å²) in [5.74, 6) is 0.518. The minimum Gasteiger partial charge on any atom is -0.327 e. The molecule has 0 amide bonds. The predicted octanol–water partition coefficient (Wildman–Crippen LogP) is 3.49. The summed E-state index contributed by atoms with van der Waals surface area (Å²) >= 11 is 7.43. The predicted molar refractivity (Wildman–Crippen MR) is 70.7 cm³/mol. The van der Waals surface area contributed by atoms with Crippen LogP contribution in [0, 0.1) is 5.82 Å². The van der Waals surface area contributed by atoms with Crippen molar-refractivity contribution in [1.29, 1.82) is 0 Å². The zero-order valence-corrected chi connectivity index (χ0v) is 11.1. The Morgan fingerprint density at radius 2 is 2.12 bits per heavy atom. The van der Waals surface area contributed by atoms with Gasteiger partial charge in [0.2, 0.25) is 0 Å². The van der Waals surface area contributed by atoms with E-state index in [1.54, 1.807) is 6.07 Å². The van der Waals surface area contributed by atoms with Crippen LogP contribution >= 0.6 is 23.4 Å². The van der Waals surface area contributed by atoms with Gasteiger partial charge in [0.15, 0.2) is 0 Å².